The SMILES string of the molecule is COc1cccc2c1NC(=S)NC2c1cccc(O)c1. The van der Waals surface area contributed by atoms with Crippen LogP contribution in [0.15, 0.2) is 42.5 Å². The Hall–Kier alpha value is -2.27. The van der Waals surface area contributed by atoms with Crippen molar-refractivity contribution in [3.05, 3.63) is 53.6 Å². The number of hydrogen-bond acceptors (Lipinski definition) is 3. The van der Waals surface area contributed by atoms with Crippen molar-refractivity contribution >= 4 is 23.0 Å². The van der Waals surface area contributed by atoms with Gasteiger partial charge in [0.15, 0.2) is 5.11 Å². The Bertz CT molecular complexity index is 673. The Labute approximate surface area is 122 Å². The van der Waals surface area contributed by atoms with E-state index in [1.165, 1.54) is 0 Å². The molecule has 4 nitrogen and oxygen atoms in total. The number of hydrogen-bond donors (Lipinski definition) is 3. The third kappa shape index (κ3) is 2.16. The van der Waals surface area contributed by atoms with Crippen LogP contribution in [0, 0.1) is 0 Å². The number of phenols is 1. The van der Waals surface area contributed by atoms with Crippen LogP contribution < -0.4 is 15.4 Å². The van der Waals surface area contributed by atoms with Crippen LogP contribution in [-0.2, 0) is 0 Å². The second-order valence-corrected chi connectivity index (χ2v) is 4.96. The summed E-state index contributed by atoms with van der Waals surface area (Å²) in [6.45, 7) is 0. The average molecular weight is 286 g/mol. The fourth-order valence-electron chi connectivity index (χ4n) is 2.42. The number of benzene rings is 2. The van der Waals surface area contributed by atoms with Gasteiger partial charge in [-0.2, -0.15) is 0 Å². The molecule has 0 saturated heterocycles. The number of phenolic OH excluding ortho intramolecular Hbond substituents is 1. The van der Waals surface area contributed by atoms with Crippen molar-refractivity contribution in [1.82, 2.24) is 5.32 Å². The molecule has 1 atom stereocenters. The van der Waals surface area contributed by atoms with Crippen LogP contribution in [0.3, 0.4) is 0 Å². The Morgan fingerprint density at radius 3 is 2.75 bits per heavy atom. The van der Waals surface area contributed by atoms with Crippen LogP contribution in [0.25, 0.3) is 0 Å². The van der Waals surface area contributed by atoms with Crippen LogP contribution in [0.5, 0.6) is 11.5 Å². The first-order chi connectivity index (χ1) is 9.69. The van der Waals surface area contributed by atoms with Gasteiger partial charge in [0.2, 0.25) is 0 Å². The Morgan fingerprint density at radius 1 is 1.20 bits per heavy atom. The van der Waals surface area contributed by atoms with Gasteiger partial charge in [0.1, 0.15) is 11.5 Å². The first kappa shape index (κ1) is 12.7. The standard InChI is InChI=1S/C15H14N2O2S/c1-19-12-7-3-6-11-13(16-15(20)17-14(11)12)9-4-2-5-10(18)8-9/h2-8,13,18H,1H3,(H2,16,17,20). The molecule has 102 valence electrons. The lowest BCUT2D eigenvalue weighted by Gasteiger charge is -2.30. The number of fused-ring (bicyclic) bond motifs is 1. The quantitative estimate of drug-likeness (QED) is 0.741. The minimum absolute atomic E-state index is 0.110. The van der Waals surface area contributed by atoms with Gasteiger partial charge in [0, 0.05) is 5.56 Å². The van der Waals surface area contributed by atoms with E-state index in [4.69, 9.17) is 17.0 Å². The third-order valence-electron chi connectivity index (χ3n) is 3.31. The number of ether oxygens (including phenoxy) is 1. The van der Waals surface area contributed by atoms with Gasteiger partial charge >= 0.3 is 0 Å². The van der Waals surface area contributed by atoms with Crippen LogP contribution in [-0.4, -0.2) is 17.3 Å². The molecule has 1 unspecified atom stereocenters. The van der Waals surface area contributed by atoms with Gasteiger partial charge in [0.25, 0.3) is 0 Å². The summed E-state index contributed by atoms with van der Waals surface area (Å²) in [4.78, 5) is 0. The first-order valence-corrected chi connectivity index (χ1v) is 6.63. The van der Waals surface area contributed by atoms with Crippen LogP contribution in [0.4, 0.5) is 5.69 Å². The number of para-hydroxylation sites is 1. The molecule has 1 aliphatic rings. The van der Waals surface area contributed by atoms with Crippen LogP contribution in [0.1, 0.15) is 17.2 Å². The zero-order valence-corrected chi connectivity index (χ0v) is 11.7. The van der Waals surface area contributed by atoms with Gasteiger partial charge in [0.05, 0.1) is 18.8 Å². The molecule has 2 aromatic rings. The van der Waals surface area contributed by atoms with Crippen LogP contribution >= 0.6 is 12.2 Å². The Balaban J connectivity index is 2.13. The van der Waals surface area contributed by atoms with E-state index < -0.39 is 0 Å². The number of methoxy groups -OCH3 is 1. The highest BCUT2D eigenvalue weighted by Gasteiger charge is 2.26. The maximum Gasteiger partial charge on any atom is 0.171 e. The molecule has 0 saturated carbocycles. The zero-order chi connectivity index (χ0) is 14.1. The van der Waals surface area contributed by atoms with Crippen LogP contribution in [0.2, 0.25) is 0 Å². The summed E-state index contributed by atoms with van der Waals surface area (Å²) in [5.74, 6) is 0.981. The van der Waals surface area contributed by atoms with E-state index in [0.29, 0.717) is 5.11 Å². The number of rotatable bonds is 2. The van der Waals surface area contributed by atoms with Crippen molar-refractivity contribution < 1.29 is 9.84 Å². The summed E-state index contributed by atoms with van der Waals surface area (Å²) in [5, 5.41) is 16.5. The van der Waals surface area contributed by atoms with Crippen molar-refractivity contribution in [1.29, 1.82) is 0 Å². The van der Waals surface area contributed by atoms with E-state index in [-0.39, 0.29) is 11.8 Å². The Kier molecular flexibility index (Phi) is 3.20. The summed E-state index contributed by atoms with van der Waals surface area (Å²) < 4.78 is 5.37. The molecule has 1 aliphatic heterocycles. The number of aromatic hydroxyl groups is 1. The topological polar surface area (TPSA) is 53.5 Å². The summed E-state index contributed by atoms with van der Waals surface area (Å²) in [6, 6.07) is 12.9. The van der Waals surface area contributed by atoms with E-state index in [1.807, 2.05) is 30.3 Å². The molecule has 0 radical (unpaired) electrons. The van der Waals surface area contributed by atoms with Crippen molar-refractivity contribution in [2.75, 3.05) is 12.4 Å². The second-order valence-electron chi connectivity index (χ2n) is 4.55. The molecule has 0 bridgehead atoms. The fourth-order valence-corrected chi connectivity index (χ4v) is 2.64. The third-order valence-corrected chi connectivity index (χ3v) is 3.53. The van der Waals surface area contributed by atoms with Gasteiger partial charge in [-0.25, -0.2) is 0 Å². The maximum atomic E-state index is 9.66. The smallest absolute Gasteiger partial charge is 0.171 e. The van der Waals surface area contributed by atoms with Crippen molar-refractivity contribution in [3.63, 3.8) is 0 Å². The monoisotopic (exact) mass is 286 g/mol. The number of thiocarbonyl (C=S) groups is 1. The lowest BCUT2D eigenvalue weighted by molar-refractivity contribution is 0.416. The normalized spacial score (nSPS) is 16.9. The number of nitrogens with one attached hydrogen (secondary N) is 2. The van der Waals surface area contributed by atoms with E-state index in [1.54, 1.807) is 19.2 Å². The second kappa shape index (κ2) is 5.02. The molecule has 0 aromatic heterocycles. The lowest BCUT2D eigenvalue weighted by atomic mass is 9.95. The highest BCUT2D eigenvalue weighted by Crippen LogP contribution is 2.38. The highest BCUT2D eigenvalue weighted by molar-refractivity contribution is 7.80. The molecule has 2 aromatic carbocycles. The average Bonchev–Trinajstić information content (AvgIpc) is 2.45. The van der Waals surface area contributed by atoms with E-state index >= 15 is 0 Å². The van der Waals surface area contributed by atoms with Crippen molar-refractivity contribution in [2.45, 2.75) is 6.04 Å². The predicted octanol–water partition coefficient (Wildman–Crippen LogP) is 2.79. The first-order valence-electron chi connectivity index (χ1n) is 6.22. The van der Waals surface area contributed by atoms with Gasteiger partial charge < -0.3 is 20.5 Å². The molecule has 0 fully saturated rings. The summed E-state index contributed by atoms with van der Waals surface area (Å²) >= 11 is 5.26. The van der Waals surface area contributed by atoms with Gasteiger partial charge in [-0.3, -0.25) is 0 Å². The van der Waals surface area contributed by atoms with Gasteiger partial charge in [-0.15, -0.1) is 0 Å². The van der Waals surface area contributed by atoms with E-state index in [2.05, 4.69) is 10.6 Å². The summed E-state index contributed by atoms with van der Waals surface area (Å²) in [5.41, 5.74) is 2.85. The molecule has 1 heterocycles. The Morgan fingerprint density at radius 2 is 2.00 bits per heavy atom. The largest absolute Gasteiger partial charge is 0.508 e. The molecule has 3 N–H and O–H groups in total. The minimum Gasteiger partial charge on any atom is -0.508 e. The number of anilines is 1. The molecular weight excluding hydrogens is 272 g/mol. The minimum atomic E-state index is -0.110. The summed E-state index contributed by atoms with van der Waals surface area (Å²) in [7, 11) is 1.63. The molecule has 0 amide bonds. The van der Waals surface area contributed by atoms with Gasteiger partial charge in [-0.05, 0) is 36.0 Å². The molecule has 5 heteroatoms. The predicted molar refractivity (Wildman–Crippen MR) is 82.3 cm³/mol. The molecule has 0 spiro atoms. The van der Waals surface area contributed by atoms with Crippen molar-refractivity contribution in [3.8, 4) is 11.5 Å². The van der Waals surface area contributed by atoms with E-state index in [0.717, 1.165) is 22.6 Å². The zero-order valence-electron chi connectivity index (χ0n) is 10.9. The van der Waals surface area contributed by atoms with Crippen molar-refractivity contribution in [2.24, 2.45) is 0 Å². The molecule has 0 aliphatic carbocycles. The fraction of sp³-hybridized carbons (Fsp3) is 0.133. The lowest BCUT2D eigenvalue weighted by Crippen LogP contribution is -2.38. The maximum absolute atomic E-state index is 9.66. The molecular formula is C15H14N2O2S. The molecule has 3 rings (SSSR count). The molecule has 20 heavy (non-hydrogen) atoms. The van der Waals surface area contributed by atoms with E-state index in [9.17, 15) is 5.11 Å². The summed E-state index contributed by atoms with van der Waals surface area (Å²) in [6.07, 6.45) is 0. The van der Waals surface area contributed by atoms with Gasteiger partial charge in [-0.1, -0.05) is 24.3 Å². The highest BCUT2D eigenvalue weighted by atomic mass is 32.1.